The topological polar surface area (TPSA) is 88.2 Å². The van der Waals surface area contributed by atoms with Crippen LogP contribution in [0.25, 0.3) is 0 Å². The maximum Gasteiger partial charge on any atom is 0.155 e. The second-order valence-corrected chi connectivity index (χ2v) is 8.10. The van der Waals surface area contributed by atoms with Gasteiger partial charge in [0.1, 0.15) is 6.10 Å². The molecule has 8 heteroatoms. The van der Waals surface area contributed by atoms with Crippen LogP contribution in [0, 0.1) is 0 Å². The van der Waals surface area contributed by atoms with Gasteiger partial charge in [-0.1, -0.05) is 20.8 Å². The third-order valence-corrected chi connectivity index (χ3v) is 5.33. The SMILES string of the molecule is CCS(=O)(=O)CCN1CCOC(c2nc(C(C)C)n[nH]2)C1. The zero-order chi connectivity index (χ0) is 15.5. The van der Waals surface area contributed by atoms with Crippen molar-refractivity contribution in [3.8, 4) is 0 Å². The Morgan fingerprint density at radius 1 is 1.48 bits per heavy atom. The minimum absolute atomic E-state index is 0.164. The van der Waals surface area contributed by atoms with Gasteiger partial charge in [0.2, 0.25) is 0 Å². The van der Waals surface area contributed by atoms with Crippen molar-refractivity contribution in [1.29, 1.82) is 0 Å². The number of sulfone groups is 1. The summed E-state index contributed by atoms with van der Waals surface area (Å²) in [5, 5.41) is 7.11. The normalized spacial score (nSPS) is 21.0. The molecule has 0 radical (unpaired) electrons. The standard InChI is InChI=1S/C13H24N4O3S/c1-4-21(18,19)8-6-17-5-7-20-11(9-17)13-14-12(10(2)3)15-16-13/h10-11H,4-9H2,1-3H3,(H,14,15,16). The molecule has 0 spiro atoms. The molecule has 1 aromatic heterocycles. The van der Waals surface area contributed by atoms with E-state index >= 15 is 0 Å². The van der Waals surface area contributed by atoms with Crippen molar-refractivity contribution in [1.82, 2.24) is 20.1 Å². The van der Waals surface area contributed by atoms with Crippen molar-refractivity contribution in [2.24, 2.45) is 0 Å². The van der Waals surface area contributed by atoms with Crippen LogP contribution in [0.3, 0.4) is 0 Å². The molecule has 21 heavy (non-hydrogen) atoms. The van der Waals surface area contributed by atoms with Crippen molar-refractivity contribution in [2.75, 3.05) is 37.7 Å². The lowest BCUT2D eigenvalue weighted by Crippen LogP contribution is -2.41. The summed E-state index contributed by atoms with van der Waals surface area (Å²) >= 11 is 0. The first-order valence-electron chi connectivity index (χ1n) is 7.38. The summed E-state index contributed by atoms with van der Waals surface area (Å²) in [6, 6.07) is 0. The van der Waals surface area contributed by atoms with Gasteiger partial charge < -0.3 is 4.74 Å². The minimum atomic E-state index is -2.93. The molecule has 1 atom stereocenters. The first-order valence-corrected chi connectivity index (χ1v) is 9.20. The summed E-state index contributed by atoms with van der Waals surface area (Å²) in [5.74, 6) is 2.16. The van der Waals surface area contributed by atoms with Gasteiger partial charge in [0.15, 0.2) is 21.5 Å². The van der Waals surface area contributed by atoms with Crippen molar-refractivity contribution >= 4 is 9.84 Å². The number of hydrogen-bond donors (Lipinski definition) is 1. The van der Waals surface area contributed by atoms with E-state index in [9.17, 15) is 8.42 Å². The molecule has 0 saturated carbocycles. The van der Waals surface area contributed by atoms with Gasteiger partial charge in [0.05, 0.1) is 12.4 Å². The lowest BCUT2D eigenvalue weighted by Gasteiger charge is -2.31. The molecule has 1 N–H and O–H groups in total. The van der Waals surface area contributed by atoms with Gasteiger partial charge in [-0.05, 0) is 0 Å². The smallest absolute Gasteiger partial charge is 0.155 e. The molecule has 1 aliphatic heterocycles. The average Bonchev–Trinajstić information content (AvgIpc) is 2.96. The highest BCUT2D eigenvalue weighted by molar-refractivity contribution is 7.91. The summed E-state index contributed by atoms with van der Waals surface area (Å²) < 4.78 is 28.9. The molecular weight excluding hydrogens is 292 g/mol. The van der Waals surface area contributed by atoms with Gasteiger partial charge in [-0.3, -0.25) is 10.00 Å². The van der Waals surface area contributed by atoms with Crippen LogP contribution in [0.5, 0.6) is 0 Å². The van der Waals surface area contributed by atoms with Crippen LogP contribution >= 0.6 is 0 Å². The number of H-pyrrole nitrogens is 1. The molecule has 1 fully saturated rings. The van der Waals surface area contributed by atoms with Crippen molar-refractivity contribution < 1.29 is 13.2 Å². The fourth-order valence-electron chi connectivity index (χ4n) is 2.17. The van der Waals surface area contributed by atoms with Crippen LogP contribution in [-0.2, 0) is 14.6 Å². The Kier molecular flexibility index (Phi) is 5.34. The molecule has 2 heterocycles. The fourth-order valence-corrected chi connectivity index (χ4v) is 3.00. The molecular formula is C13H24N4O3S. The van der Waals surface area contributed by atoms with E-state index in [0.29, 0.717) is 19.7 Å². The van der Waals surface area contributed by atoms with Gasteiger partial charge in [-0.25, -0.2) is 13.4 Å². The number of hydrogen-bond acceptors (Lipinski definition) is 6. The molecule has 1 saturated heterocycles. The summed E-state index contributed by atoms with van der Waals surface area (Å²) in [6.45, 7) is 8.27. The molecule has 0 aromatic carbocycles. The van der Waals surface area contributed by atoms with Crippen molar-refractivity contribution in [2.45, 2.75) is 32.8 Å². The maximum atomic E-state index is 11.6. The summed E-state index contributed by atoms with van der Waals surface area (Å²) in [6.07, 6.45) is -0.164. The molecule has 1 unspecified atom stereocenters. The van der Waals surface area contributed by atoms with E-state index in [0.717, 1.165) is 18.2 Å². The van der Waals surface area contributed by atoms with Crippen LogP contribution in [0.15, 0.2) is 0 Å². The summed E-state index contributed by atoms with van der Waals surface area (Å²) in [4.78, 5) is 6.57. The first-order chi connectivity index (χ1) is 9.91. The third-order valence-electron chi connectivity index (χ3n) is 3.65. The van der Waals surface area contributed by atoms with Crippen molar-refractivity contribution in [3.63, 3.8) is 0 Å². The second-order valence-electron chi connectivity index (χ2n) is 5.63. The van der Waals surface area contributed by atoms with E-state index in [1.54, 1.807) is 6.92 Å². The van der Waals surface area contributed by atoms with Gasteiger partial charge in [-0.2, -0.15) is 5.10 Å². The predicted molar refractivity (Wildman–Crippen MR) is 79.9 cm³/mol. The number of nitrogens with one attached hydrogen (secondary N) is 1. The molecule has 0 aliphatic carbocycles. The third kappa shape index (κ3) is 4.49. The zero-order valence-corrected chi connectivity index (χ0v) is 13.7. The van der Waals surface area contributed by atoms with E-state index in [1.165, 1.54) is 0 Å². The molecule has 120 valence electrons. The lowest BCUT2D eigenvalue weighted by atomic mass is 10.2. The van der Waals surface area contributed by atoms with E-state index in [4.69, 9.17) is 4.74 Å². The Bertz CT molecular complexity index is 556. The van der Waals surface area contributed by atoms with Gasteiger partial charge in [0, 0.05) is 31.3 Å². The van der Waals surface area contributed by atoms with Crippen LogP contribution in [-0.4, -0.2) is 66.2 Å². The molecule has 0 amide bonds. The molecule has 1 aliphatic rings. The quantitative estimate of drug-likeness (QED) is 0.832. The van der Waals surface area contributed by atoms with Crippen LogP contribution in [0.2, 0.25) is 0 Å². The Balaban J connectivity index is 1.94. The highest BCUT2D eigenvalue weighted by atomic mass is 32.2. The Morgan fingerprint density at radius 2 is 2.24 bits per heavy atom. The largest absolute Gasteiger partial charge is 0.368 e. The monoisotopic (exact) mass is 316 g/mol. The second kappa shape index (κ2) is 6.85. The van der Waals surface area contributed by atoms with Gasteiger partial charge in [0.25, 0.3) is 0 Å². The summed E-state index contributed by atoms with van der Waals surface area (Å²) in [7, 11) is -2.93. The Labute approximate surface area is 126 Å². The number of rotatable bonds is 6. The highest BCUT2D eigenvalue weighted by Gasteiger charge is 2.25. The molecule has 1 aromatic rings. The van der Waals surface area contributed by atoms with Crippen LogP contribution in [0.1, 0.15) is 44.4 Å². The number of aromatic nitrogens is 3. The fraction of sp³-hybridized carbons (Fsp3) is 0.846. The minimum Gasteiger partial charge on any atom is -0.368 e. The van der Waals surface area contributed by atoms with E-state index < -0.39 is 9.84 Å². The van der Waals surface area contributed by atoms with Gasteiger partial charge >= 0.3 is 0 Å². The zero-order valence-electron chi connectivity index (χ0n) is 12.9. The van der Waals surface area contributed by atoms with Gasteiger partial charge in [-0.15, -0.1) is 0 Å². The Hall–Kier alpha value is -0.990. The number of morpholine rings is 1. The van der Waals surface area contributed by atoms with Crippen LogP contribution in [0.4, 0.5) is 0 Å². The number of ether oxygens (including phenoxy) is 1. The van der Waals surface area contributed by atoms with Crippen LogP contribution < -0.4 is 0 Å². The van der Waals surface area contributed by atoms with E-state index in [1.807, 2.05) is 13.8 Å². The molecule has 2 rings (SSSR count). The maximum absolute atomic E-state index is 11.6. The lowest BCUT2D eigenvalue weighted by molar-refractivity contribution is -0.0321. The summed E-state index contributed by atoms with van der Waals surface area (Å²) in [5.41, 5.74) is 0. The Morgan fingerprint density at radius 3 is 2.86 bits per heavy atom. The van der Waals surface area contributed by atoms with E-state index in [-0.39, 0.29) is 23.5 Å². The molecule has 0 bridgehead atoms. The predicted octanol–water partition coefficient (Wildman–Crippen LogP) is 0.736. The number of nitrogens with zero attached hydrogens (tertiary/aromatic N) is 3. The highest BCUT2D eigenvalue weighted by Crippen LogP contribution is 2.20. The number of aromatic amines is 1. The van der Waals surface area contributed by atoms with Crippen molar-refractivity contribution in [3.05, 3.63) is 11.6 Å². The average molecular weight is 316 g/mol. The van der Waals surface area contributed by atoms with E-state index in [2.05, 4.69) is 20.1 Å². The molecule has 7 nitrogen and oxygen atoms in total. The first kappa shape index (κ1) is 16.4.